The summed E-state index contributed by atoms with van der Waals surface area (Å²) in [4.78, 5) is 0. The fraction of sp³-hybridized carbons (Fsp3) is 0.0678. The lowest BCUT2D eigenvalue weighted by molar-refractivity contribution is 1.16. The van der Waals surface area contributed by atoms with Crippen LogP contribution in [0.15, 0.2) is 188 Å². The molecule has 0 saturated carbocycles. The van der Waals surface area contributed by atoms with Gasteiger partial charge in [0.15, 0.2) is 0 Å². The normalized spacial score (nSPS) is 11.5. The molecular weight excluding hydrogens is 751 g/mol. The molecule has 0 N–H and O–H groups in total. The summed E-state index contributed by atoms with van der Waals surface area (Å²) in [6, 6.07) is 71.0. The lowest BCUT2D eigenvalue weighted by atomic mass is 9.93. The maximum atomic E-state index is 10.5. The molecule has 11 rings (SSSR count). The SMILES string of the molecule is Cc1ccc(-c2ccc3c(c2)c2ccccc2n3-c2ccc(C#N)cc2-c2cc(-c3cc(C)cc(C)c3)ccc2-n2c3ccccc3c3cc(-c4ccc(C)cc4)ccc32)cc1. The van der Waals surface area contributed by atoms with Gasteiger partial charge in [-0.1, -0.05) is 144 Å². The fourth-order valence-corrected chi connectivity index (χ4v) is 9.60. The van der Waals surface area contributed by atoms with Crippen molar-refractivity contribution in [2.45, 2.75) is 27.7 Å². The zero-order chi connectivity index (χ0) is 42.1. The van der Waals surface area contributed by atoms with Gasteiger partial charge in [-0.25, -0.2) is 0 Å². The Balaban J connectivity index is 1.21. The number of aromatic nitrogens is 2. The van der Waals surface area contributed by atoms with Crippen molar-refractivity contribution in [1.29, 1.82) is 5.26 Å². The Morgan fingerprint density at radius 3 is 1.26 bits per heavy atom. The van der Waals surface area contributed by atoms with E-state index in [4.69, 9.17) is 0 Å². The van der Waals surface area contributed by atoms with Crippen molar-refractivity contribution in [2.75, 3.05) is 0 Å². The maximum Gasteiger partial charge on any atom is 0.0991 e. The Hall–Kier alpha value is -7.93. The van der Waals surface area contributed by atoms with Crippen LogP contribution in [0.1, 0.15) is 27.8 Å². The third-order valence-electron chi connectivity index (χ3n) is 12.6. The highest BCUT2D eigenvalue weighted by molar-refractivity contribution is 6.13. The van der Waals surface area contributed by atoms with Crippen molar-refractivity contribution in [1.82, 2.24) is 9.13 Å². The van der Waals surface area contributed by atoms with E-state index < -0.39 is 0 Å². The Kier molecular flexibility index (Phi) is 8.77. The van der Waals surface area contributed by atoms with Crippen LogP contribution in [0, 0.1) is 39.0 Å². The number of nitriles is 1. The van der Waals surface area contributed by atoms with Crippen molar-refractivity contribution >= 4 is 43.6 Å². The number of benzene rings is 9. The van der Waals surface area contributed by atoms with Gasteiger partial charge in [0.2, 0.25) is 0 Å². The monoisotopic (exact) mass is 793 g/mol. The van der Waals surface area contributed by atoms with Crippen LogP contribution in [0.5, 0.6) is 0 Å². The first-order valence-electron chi connectivity index (χ1n) is 21.3. The van der Waals surface area contributed by atoms with Crippen LogP contribution in [-0.4, -0.2) is 9.13 Å². The summed E-state index contributed by atoms with van der Waals surface area (Å²) >= 11 is 0. The summed E-state index contributed by atoms with van der Waals surface area (Å²) in [6.45, 7) is 8.58. The van der Waals surface area contributed by atoms with Gasteiger partial charge < -0.3 is 9.13 Å². The van der Waals surface area contributed by atoms with Gasteiger partial charge in [0, 0.05) is 32.7 Å². The number of hydrogen-bond acceptors (Lipinski definition) is 1. The number of hydrogen-bond donors (Lipinski definition) is 0. The highest BCUT2D eigenvalue weighted by Crippen LogP contribution is 2.44. The van der Waals surface area contributed by atoms with Gasteiger partial charge in [0.1, 0.15) is 0 Å². The Bertz CT molecular complexity index is 3590. The van der Waals surface area contributed by atoms with Crippen LogP contribution in [0.4, 0.5) is 0 Å². The molecule has 2 heterocycles. The standard InChI is InChI=1S/C59H43N3/c1-37-13-18-42(19-14-37)44-22-26-57-51(33-44)48-9-5-7-11-54(48)61(57)56-25-17-41(36-60)32-50(56)53-35-46(47-30-39(3)29-40(4)31-47)24-28-59(53)62-55-12-8-6-10-49(55)52-34-45(23-27-58(52)62)43-20-15-38(2)16-21-43/h5-35H,1-4H3. The molecule has 294 valence electrons. The number of para-hydroxylation sites is 2. The Morgan fingerprint density at radius 1 is 0.323 bits per heavy atom. The van der Waals surface area contributed by atoms with Crippen LogP contribution in [0.2, 0.25) is 0 Å². The van der Waals surface area contributed by atoms with E-state index in [1.54, 1.807) is 0 Å². The van der Waals surface area contributed by atoms with Crippen LogP contribution in [0.25, 0.3) is 99.5 Å². The molecule has 0 amide bonds. The van der Waals surface area contributed by atoms with Gasteiger partial charge in [-0.2, -0.15) is 5.26 Å². The predicted octanol–water partition coefficient (Wildman–Crippen LogP) is 15.7. The second kappa shape index (κ2) is 14.7. The second-order valence-corrected chi connectivity index (χ2v) is 16.9. The molecule has 0 saturated heterocycles. The average Bonchev–Trinajstić information content (AvgIpc) is 3.81. The molecule has 0 fully saturated rings. The van der Waals surface area contributed by atoms with Crippen molar-refractivity contribution in [3.05, 3.63) is 216 Å². The number of rotatable bonds is 6. The van der Waals surface area contributed by atoms with Gasteiger partial charge >= 0.3 is 0 Å². The zero-order valence-corrected chi connectivity index (χ0v) is 35.2. The molecule has 2 aromatic heterocycles. The lowest BCUT2D eigenvalue weighted by Gasteiger charge is -2.20. The number of fused-ring (bicyclic) bond motifs is 6. The van der Waals surface area contributed by atoms with Gasteiger partial charge in [-0.15, -0.1) is 0 Å². The summed E-state index contributed by atoms with van der Waals surface area (Å²) < 4.78 is 4.82. The van der Waals surface area contributed by atoms with Crippen LogP contribution in [0.3, 0.4) is 0 Å². The topological polar surface area (TPSA) is 33.6 Å². The van der Waals surface area contributed by atoms with E-state index >= 15 is 0 Å². The molecule has 0 spiro atoms. The minimum absolute atomic E-state index is 0.610. The molecule has 0 unspecified atom stereocenters. The van der Waals surface area contributed by atoms with Crippen molar-refractivity contribution in [3.63, 3.8) is 0 Å². The highest BCUT2D eigenvalue weighted by atomic mass is 15.0. The van der Waals surface area contributed by atoms with Gasteiger partial charge in [0.05, 0.1) is 45.1 Å². The zero-order valence-electron chi connectivity index (χ0n) is 35.2. The molecule has 0 aliphatic rings. The van der Waals surface area contributed by atoms with Gasteiger partial charge in [0.25, 0.3) is 0 Å². The van der Waals surface area contributed by atoms with Crippen LogP contribution >= 0.6 is 0 Å². The van der Waals surface area contributed by atoms with E-state index in [9.17, 15) is 5.26 Å². The summed E-state index contributed by atoms with van der Waals surface area (Å²) in [7, 11) is 0. The largest absolute Gasteiger partial charge is 0.309 e. The minimum Gasteiger partial charge on any atom is -0.309 e. The van der Waals surface area contributed by atoms with E-state index in [-0.39, 0.29) is 0 Å². The molecule has 0 atom stereocenters. The van der Waals surface area contributed by atoms with E-state index in [0.717, 1.165) is 50.1 Å². The van der Waals surface area contributed by atoms with E-state index in [1.807, 2.05) is 6.07 Å². The summed E-state index contributed by atoms with van der Waals surface area (Å²) in [5.41, 5.74) is 21.2. The first kappa shape index (κ1) is 37.1. The summed E-state index contributed by atoms with van der Waals surface area (Å²) in [5.74, 6) is 0. The fourth-order valence-electron chi connectivity index (χ4n) is 9.60. The third-order valence-corrected chi connectivity index (χ3v) is 12.6. The first-order chi connectivity index (χ1) is 30.3. The van der Waals surface area contributed by atoms with E-state index in [0.29, 0.717) is 5.56 Å². The molecule has 0 aliphatic heterocycles. The minimum atomic E-state index is 0.610. The first-order valence-corrected chi connectivity index (χ1v) is 21.3. The average molecular weight is 794 g/mol. The molecule has 0 aliphatic carbocycles. The Morgan fingerprint density at radius 2 is 0.742 bits per heavy atom. The number of nitrogens with zero attached hydrogens (tertiary/aromatic N) is 3. The molecule has 62 heavy (non-hydrogen) atoms. The summed E-state index contributed by atoms with van der Waals surface area (Å²) in [6.07, 6.45) is 0. The van der Waals surface area contributed by atoms with Gasteiger partial charge in [-0.05, 0) is 128 Å². The van der Waals surface area contributed by atoms with Crippen LogP contribution < -0.4 is 0 Å². The molecule has 0 radical (unpaired) electrons. The quantitative estimate of drug-likeness (QED) is 0.165. The number of aryl methyl sites for hydroxylation is 4. The maximum absolute atomic E-state index is 10.5. The Labute approximate surface area is 362 Å². The molecule has 3 heteroatoms. The molecule has 0 bridgehead atoms. The molecule has 9 aromatic carbocycles. The third kappa shape index (κ3) is 6.19. The van der Waals surface area contributed by atoms with Crippen LogP contribution in [-0.2, 0) is 0 Å². The smallest absolute Gasteiger partial charge is 0.0991 e. The molecule has 11 aromatic rings. The lowest BCUT2D eigenvalue weighted by Crippen LogP contribution is -2.02. The van der Waals surface area contributed by atoms with Gasteiger partial charge in [-0.3, -0.25) is 0 Å². The van der Waals surface area contributed by atoms with E-state index in [2.05, 4.69) is 225 Å². The highest BCUT2D eigenvalue weighted by Gasteiger charge is 2.22. The molecular formula is C59H43N3. The summed E-state index contributed by atoms with van der Waals surface area (Å²) in [5, 5.41) is 15.3. The second-order valence-electron chi connectivity index (χ2n) is 16.9. The van der Waals surface area contributed by atoms with Crippen molar-refractivity contribution in [2.24, 2.45) is 0 Å². The predicted molar refractivity (Wildman–Crippen MR) is 261 cm³/mol. The van der Waals surface area contributed by atoms with Crippen molar-refractivity contribution in [3.8, 4) is 62.0 Å². The van der Waals surface area contributed by atoms with E-state index in [1.165, 1.54) is 71.6 Å². The van der Waals surface area contributed by atoms with Crippen molar-refractivity contribution < 1.29 is 0 Å². The molecule has 3 nitrogen and oxygen atoms in total.